The van der Waals surface area contributed by atoms with Gasteiger partial charge in [-0.25, -0.2) is 0 Å². The van der Waals surface area contributed by atoms with Crippen LogP contribution in [0.4, 0.5) is 0 Å². The Morgan fingerprint density at radius 1 is 1.19 bits per heavy atom. The Labute approximate surface area is 98.1 Å². The van der Waals surface area contributed by atoms with E-state index in [1.165, 1.54) is 5.56 Å². The number of benzene rings is 1. The second kappa shape index (κ2) is 5.26. The van der Waals surface area contributed by atoms with E-state index in [0.717, 1.165) is 5.56 Å². The highest BCUT2D eigenvalue weighted by Gasteiger charge is 2.11. The monoisotopic (exact) mass is 219 g/mol. The summed E-state index contributed by atoms with van der Waals surface area (Å²) in [6.07, 6.45) is 0.517. The molecule has 0 heterocycles. The summed E-state index contributed by atoms with van der Waals surface area (Å²) in [7, 11) is 0. The third-order valence-electron chi connectivity index (χ3n) is 2.34. The minimum Gasteiger partial charge on any atom is -0.305 e. The summed E-state index contributed by atoms with van der Waals surface area (Å²) in [4.78, 5) is 11.7. The molecule has 0 bridgehead atoms. The van der Waals surface area contributed by atoms with Gasteiger partial charge in [0.1, 0.15) is 0 Å². The van der Waals surface area contributed by atoms with Crippen LogP contribution >= 0.6 is 0 Å². The average Bonchev–Trinajstić information content (AvgIpc) is 2.18. The van der Waals surface area contributed by atoms with Crippen LogP contribution in [0.3, 0.4) is 0 Å². The van der Waals surface area contributed by atoms with Crippen LogP contribution in [-0.4, -0.2) is 17.9 Å². The maximum absolute atomic E-state index is 11.7. The van der Waals surface area contributed by atoms with E-state index in [9.17, 15) is 4.79 Å². The Morgan fingerprint density at radius 3 is 2.25 bits per heavy atom. The molecule has 1 N–H and O–H groups in total. The van der Waals surface area contributed by atoms with Crippen molar-refractivity contribution in [2.24, 2.45) is 0 Å². The molecular weight excluding hydrogens is 198 g/mol. The zero-order valence-corrected chi connectivity index (χ0v) is 10.6. The summed E-state index contributed by atoms with van der Waals surface area (Å²) < 4.78 is 0. The van der Waals surface area contributed by atoms with Gasteiger partial charge in [0.05, 0.1) is 6.54 Å². The topological polar surface area (TPSA) is 29.1 Å². The first kappa shape index (κ1) is 12.9. The highest BCUT2D eigenvalue weighted by Crippen LogP contribution is 2.04. The van der Waals surface area contributed by atoms with E-state index in [-0.39, 0.29) is 11.3 Å². The number of hydrogen-bond donors (Lipinski definition) is 1. The summed E-state index contributed by atoms with van der Waals surface area (Å²) in [5, 5.41) is 3.20. The molecule has 1 aromatic rings. The zero-order chi connectivity index (χ0) is 12.2. The first-order valence-electron chi connectivity index (χ1n) is 5.69. The smallest absolute Gasteiger partial charge is 0.150 e. The number of carbonyl (C=O) groups excluding carboxylic acids is 1. The Hall–Kier alpha value is -1.15. The van der Waals surface area contributed by atoms with Crippen molar-refractivity contribution in [3.63, 3.8) is 0 Å². The molecule has 0 unspecified atom stereocenters. The fourth-order valence-corrected chi connectivity index (χ4v) is 1.36. The van der Waals surface area contributed by atoms with E-state index in [1.807, 2.05) is 31.2 Å². The van der Waals surface area contributed by atoms with Crippen molar-refractivity contribution in [2.75, 3.05) is 6.54 Å². The number of Topliss-reactive ketones (excluding diaryl/α,β-unsaturated/α-hetero) is 1. The summed E-state index contributed by atoms with van der Waals surface area (Å²) in [5.41, 5.74) is 2.32. The highest BCUT2D eigenvalue weighted by atomic mass is 16.1. The number of hydrogen-bond acceptors (Lipinski definition) is 2. The van der Waals surface area contributed by atoms with Crippen LogP contribution in [0.5, 0.6) is 0 Å². The number of ketones is 1. The quantitative estimate of drug-likeness (QED) is 0.843. The Kier molecular flexibility index (Phi) is 4.25. The minimum atomic E-state index is 0.00291. The molecule has 2 heteroatoms. The van der Waals surface area contributed by atoms with Gasteiger partial charge in [-0.2, -0.15) is 0 Å². The maximum atomic E-state index is 11.7. The van der Waals surface area contributed by atoms with Crippen molar-refractivity contribution in [3.8, 4) is 0 Å². The largest absolute Gasteiger partial charge is 0.305 e. The lowest BCUT2D eigenvalue weighted by molar-refractivity contribution is -0.117. The van der Waals surface area contributed by atoms with Gasteiger partial charge in [0.25, 0.3) is 0 Å². The third-order valence-corrected chi connectivity index (χ3v) is 2.34. The number of carbonyl (C=O) groups is 1. The summed E-state index contributed by atoms with van der Waals surface area (Å²) >= 11 is 0. The van der Waals surface area contributed by atoms with Crippen molar-refractivity contribution in [2.45, 2.75) is 39.7 Å². The SMILES string of the molecule is Cc1ccc(CC(=O)CNC(C)(C)C)cc1. The average molecular weight is 219 g/mol. The van der Waals surface area contributed by atoms with Crippen molar-refractivity contribution in [1.29, 1.82) is 0 Å². The Morgan fingerprint density at radius 2 is 1.75 bits per heavy atom. The van der Waals surface area contributed by atoms with E-state index >= 15 is 0 Å². The van der Waals surface area contributed by atoms with Gasteiger partial charge in [0.15, 0.2) is 5.78 Å². The van der Waals surface area contributed by atoms with Crippen LogP contribution in [0.1, 0.15) is 31.9 Å². The van der Waals surface area contributed by atoms with E-state index in [2.05, 4.69) is 26.1 Å². The lowest BCUT2D eigenvalue weighted by atomic mass is 10.1. The third kappa shape index (κ3) is 5.08. The molecule has 0 amide bonds. The van der Waals surface area contributed by atoms with E-state index in [1.54, 1.807) is 0 Å². The number of rotatable bonds is 4. The maximum Gasteiger partial charge on any atom is 0.150 e. The molecule has 0 aromatic heterocycles. The number of aryl methyl sites for hydroxylation is 1. The van der Waals surface area contributed by atoms with E-state index in [0.29, 0.717) is 13.0 Å². The van der Waals surface area contributed by atoms with Gasteiger partial charge in [-0.05, 0) is 33.3 Å². The van der Waals surface area contributed by atoms with Gasteiger partial charge >= 0.3 is 0 Å². The lowest BCUT2D eigenvalue weighted by Gasteiger charge is -2.19. The second-order valence-corrected chi connectivity index (χ2v) is 5.30. The van der Waals surface area contributed by atoms with Gasteiger partial charge < -0.3 is 5.32 Å². The van der Waals surface area contributed by atoms with Gasteiger partial charge in [-0.3, -0.25) is 4.79 Å². The molecule has 0 aliphatic carbocycles. The summed E-state index contributed by atoms with van der Waals surface area (Å²) in [6.45, 7) is 8.68. The van der Waals surface area contributed by atoms with Crippen LogP contribution in [0, 0.1) is 6.92 Å². The van der Waals surface area contributed by atoms with Gasteiger partial charge in [-0.15, -0.1) is 0 Å². The molecule has 1 aromatic carbocycles. The van der Waals surface area contributed by atoms with Crippen LogP contribution in [0.2, 0.25) is 0 Å². The summed E-state index contributed by atoms with van der Waals surface area (Å²) in [5.74, 6) is 0.235. The molecule has 0 spiro atoms. The van der Waals surface area contributed by atoms with Gasteiger partial charge in [-0.1, -0.05) is 29.8 Å². The molecule has 0 aliphatic heterocycles. The fourth-order valence-electron chi connectivity index (χ4n) is 1.36. The molecule has 2 nitrogen and oxygen atoms in total. The molecule has 0 saturated carbocycles. The van der Waals surface area contributed by atoms with Crippen molar-refractivity contribution >= 4 is 5.78 Å². The number of nitrogens with one attached hydrogen (secondary N) is 1. The van der Waals surface area contributed by atoms with Crippen molar-refractivity contribution < 1.29 is 4.79 Å². The van der Waals surface area contributed by atoms with Crippen molar-refractivity contribution in [3.05, 3.63) is 35.4 Å². The zero-order valence-electron chi connectivity index (χ0n) is 10.6. The summed E-state index contributed by atoms with van der Waals surface area (Å²) in [6, 6.07) is 8.12. The van der Waals surface area contributed by atoms with Gasteiger partial charge in [0.2, 0.25) is 0 Å². The minimum absolute atomic E-state index is 0.00291. The van der Waals surface area contributed by atoms with Crippen molar-refractivity contribution in [1.82, 2.24) is 5.32 Å². The van der Waals surface area contributed by atoms with Crippen LogP contribution in [0.15, 0.2) is 24.3 Å². The molecule has 0 saturated heterocycles. The normalized spacial score (nSPS) is 11.5. The van der Waals surface area contributed by atoms with Crippen LogP contribution in [0.25, 0.3) is 0 Å². The van der Waals surface area contributed by atoms with E-state index in [4.69, 9.17) is 0 Å². The van der Waals surface area contributed by atoms with Crippen LogP contribution < -0.4 is 5.32 Å². The predicted molar refractivity (Wildman–Crippen MR) is 67.6 cm³/mol. The fraction of sp³-hybridized carbons (Fsp3) is 0.500. The first-order valence-corrected chi connectivity index (χ1v) is 5.69. The second-order valence-electron chi connectivity index (χ2n) is 5.30. The molecule has 0 radical (unpaired) electrons. The molecule has 1 rings (SSSR count). The standard InChI is InChI=1S/C14H21NO/c1-11-5-7-12(8-6-11)9-13(16)10-15-14(2,3)4/h5-8,15H,9-10H2,1-4H3. The molecular formula is C14H21NO. The molecule has 16 heavy (non-hydrogen) atoms. The Balaban J connectivity index is 2.43. The first-order chi connectivity index (χ1) is 7.37. The van der Waals surface area contributed by atoms with E-state index < -0.39 is 0 Å². The lowest BCUT2D eigenvalue weighted by Crippen LogP contribution is -2.39. The Bertz CT molecular complexity index is 346. The molecule has 88 valence electrons. The predicted octanol–water partition coefficient (Wildman–Crippen LogP) is 2.49. The van der Waals surface area contributed by atoms with Gasteiger partial charge in [0, 0.05) is 12.0 Å². The highest BCUT2D eigenvalue weighted by molar-refractivity contribution is 5.82. The van der Waals surface area contributed by atoms with Crippen LogP contribution in [-0.2, 0) is 11.2 Å². The molecule has 0 atom stereocenters. The molecule has 0 aliphatic rings. The molecule has 0 fully saturated rings.